The molecule has 136 valence electrons. The van der Waals surface area contributed by atoms with Gasteiger partial charge in [0.2, 0.25) is 0 Å². The van der Waals surface area contributed by atoms with Crippen LogP contribution in [-0.4, -0.2) is 20.3 Å². The van der Waals surface area contributed by atoms with Crippen LogP contribution in [0.2, 0.25) is 0 Å². The highest BCUT2D eigenvalue weighted by Gasteiger charge is 2.19. The van der Waals surface area contributed by atoms with Crippen molar-refractivity contribution in [3.8, 4) is 11.3 Å². The van der Waals surface area contributed by atoms with Crippen LogP contribution in [0.25, 0.3) is 16.9 Å². The topological polar surface area (TPSA) is 59.3 Å². The molecule has 0 aliphatic rings. The van der Waals surface area contributed by atoms with Gasteiger partial charge in [-0.05, 0) is 58.7 Å². The quantitative estimate of drug-likeness (QED) is 0.471. The van der Waals surface area contributed by atoms with E-state index in [1.54, 1.807) is 16.5 Å². The fraction of sp³-hybridized carbons (Fsp3) is 0.105. The molecule has 0 fully saturated rings. The average molecular weight is 445 g/mol. The van der Waals surface area contributed by atoms with Gasteiger partial charge in [-0.3, -0.25) is 14.5 Å². The van der Waals surface area contributed by atoms with Crippen molar-refractivity contribution in [1.29, 1.82) is 0 Å². The number of thiazole rings is 1. The molecule has 0 atom stereocenters. The number of halogens is 2. The maximum Gasteiger partial charge on any atom is 0.276 e. The van der Waals surface area contributed by atoms with Crippen molar-refractivity contribution in [2.75, 3.05) is 5.32 Å². The Bertz CT molecular complexity index is 1140. The van der Waals surface area contributed by atoms with Crippen molar-refractivity contribution in [3.05, 3.63) is 69.7 Å². The number of pyridine rings is 1. The molecular formula is C19H14BrFN4OS. The third-order valence-corrected chi connectivity index (χ3v) is 5.30. The number of imidazole rings is 1. The second-order valence-corrected chi connectivity index (χ2v) is 7.61. The van der Waals surface area contributed by atoms with Crippen LogP contribution in [0.1, 0.15) is 23.1 Å². The third-order valence-electron chi connectivity index (χ3n) is 4.07. The van der Waals surface area contributed by atoms with Crippen LogP contribution >= 0.6 is 27.3 Å². The van der Waals surface area contributed by atoms with E-state index in [0.717, 1.165) is 15.7 Å². The lowest BCUT2D eigenvalue weighted by molar-refractivity contribution is 0.102. The van der Waals surface area contributed by atoms with E-state index in [4.69, 9.17) is 0 Å². The van der Waals surface area contributed by atoms with Gasteiger partial charge in [0.1, 0.15) is 17.2 Å². The van der Waals surface area contributed by atoms with Gasteiger partial charge in [0.05, 0.1) is 11.4 Å². The molecule has 3 heterocycles. The van der Waals surface area contributed by atoms with Crippen LogP contribution in [0, 0.1) is 5.82 Å². The molecule has 0 saturated heterocycles. The molecule has 0 spiro atoms. The summed E-state index contributed by atoms with van der Waals surface area (Å²) in [5.74, 6) is -0.564. The Labute approximate surface area is 167 Å². The molecule has 1 N–H and O–H groups in total. The first-order chi connectivity index (χ1) is 13.0. The Morgan fingerprint density at radius 2 is 2.00 bits per heavy atom. The van der Waals surface area contributed by atoms with Gasteiger partial charge in [-0.2, -0.15) is 0 Å². The molecule has 4 rings (SSSR count). The monoisotopic (exact) mass is 444 g/mol. The molecule has 0 unspecified atom stereocenters. The average Bonchev–Trinajstić information content (AvgIpc) is 3.26. The first-order valence-electron chi connectivity index (χ1n) is 8.24. The highest BCUT2D eigenvalue weighted by atomic mass is 79.9. The van der Waals surface area contributed by atoms with Gasteiger partial charge < -0.3 is 0 Å². The minimum atomic E-state index is -0.298. The van der Waals surface area contributed by atoms with Crippen molar-refractivity contribution in [1.82, 2.24) is 14.4 Å². The minimum Gasteiger partial charge on any atom is -0.296 e. The van der Waals surface area contributed by atoms with Gasteiger partial charge in [-0.25, -0.2) is 14.4 Å². The molecule has 0 aliphatic heterocycles. The number of fused-ring (bicyclic) bond motifs is 1. The Balaban J connectivity index is 1.64. The zero-order valence-electron chi connectivity index (χ0n) is 14.2. The van der Waals surface area contributed by atoms with Gasteiger partial charge in [0, 0.05) is 21.6 Å². The van der Waals surface area contributed by atoms with E-state index in [1.165, 1.54) is 23.5 Å². The molecule has 8 heteroatoms. The molecule has 0 saturated carbocycles. The number of hydrogen-bond donors (Lipinski definition) is 1. The van der Waals surface area contributed by atoms with E-state index in [2.05, 4.69) is 31.2 Å². The molecule has 1 amide bonds. The third kappa shape index (κ3) is 3.50. The lowest BCUT2D eigenvalue weighted by Crippen LogP contribution is -2.16. The lowest BCUT2D eigenvalue weighted by Gasteiger charge is -2.04. The summed E-state index contributed by atoms with van der Waals surface area (Å²) >= 11 is 4.75. The van der Waals surface area contributed by atoms with Crippen molar-refractivity contribution < 1.29 is 9.18 Å². The second kappa shape index (κ2) is 7.21. The van der Waals surface area contributed by atoms with Crippen molar-refractivity contribution in [2.45, 2.75) is 13.3 Å². The van der Waals surface area contributed by atoms with Crippen LogP contribution in [0.15, 0.2) is 52.4 Å². The number of aromatic nitrogens is 3. The SMILES string of the molecule is CCc1nc2ccc(Br)cn2c1C(=O)Nc1nc(-c2ccc(F)cc2)cs1. The number of amides is 1. The van der Waals surface area contributed by atoms with Gasteiger partial charge in [0.15, 0.2) is 5.13 Å². The number of nitrogens with zero attached hydrogens (tertiary/aromatic N) is 3. The molecule has 0 bridgehead atoms. The Morgan fingerprint density at radius 1 is 1.22 bits per heavy atom. The van der Waals surface area contributed by atoms with E-state index < -0.39 is 0 Å². The molecule has 3 aromatic heterocycles. The zero-order valence-corrected chi connectivity index (χ0v) is 16.6. The van der Waals surface area contributed by atoms with E-state index in [0.29, 0.717) is 28.6 Å². The maximum atomic E-state index is 13.1. The summed E-state index contributed by atoms with van der Waals surface area (Å²) in [5.41, 5.74) is 3.41. The minimum absolute atomic E-state index is 0.266. The van der Waals surface area contributed by atoms with Crippen LogP contribution in [-0.2, 0) is 6.42 Å². The Morgan fingerprint density at radius 3 is 2.74 bits per heavy atom. The fourth-order valence-corrected chi connectivity index (χ4v) is 3.85. The summed E-state index contributed by atoms with van der Waals surface area (Å²) in [7, 11) is 0. The first kappa shape index (κ1) is 17.8. The molecular weight excluding hydrogens is 431 g/mol. The normalized spacial score (nSPS) is 11.1. The van der Waals surface area contributed by atoms with E-state index in [9.17, 15) is 9.18 Å². The number of aryl methyl sites for hydroxylation is 1. The predicted molar refractivity (Wildman–Crippen MR) is 108 cm³/mol. The van der Waals surface area contributed by atoms with Gasteiger partial charge in [-0.1, -0.05) is 6.92 Å². The van der Waals surface area contributed by atoms with E-state index >= 15 is 0 Å². The summed E-state index contributed by atoms with van der Waals surface area (Å²) < 4.78 is 15.7. The number of carbonyl (C=O) groups excluding carboxylic acids is 1. The second-order valence-electron chi connectivity index (χ2n) is 5.84. The summed E-state index contributed by atoms with van der Waals surface area (Å²) in [6, 6.07) is 9.84. The van der Waals surface area contributed by atoms with Crippen LogP contribution in [0.4, 0.5) is 9.52 Å². The summed E-state index contributed by atoms with van der Waals surface area (Å²) in [6.07, 6.45) is 2.46. The molecule has 27 heavy (non-hydrogen) atoms. The van der Waals surface area contributed by atoms with Gasteiger partial charge >= 0.3 is 0 Å². The Kier molecular flexibility index (Phi) is 4.75. The number of nitrogens with one attached hydrogen (secondary N) is 1. The molecule has 0 aliphatic carbocycles. The van der Waals surface area contributed by atoms with Gasteiger partial charge in [-0.15, -0.1) is 11.3 Å². The van der Waals surface area contributed by atoms with E-state index in [1.807, 2.05) is 30.6 Å². The molecule has 4 aromatic rings. The van der Waals surface area contributed by atoms with Crippen LogP contribution in [0.5, 0.6) is 0 Å². The fourth-order valence-electron chi connectivity index (χ4n) is 2.80. The van der Waals surface area contributed by atoms with E-state index in [-0.39, 0.29) is 11.7 Å². The number of hydrogen-bond acceptors (Lipinski definition) is 4. The zero-order chi connectivity index (χ0) is 19.0. The lowest BCUT2D eigenvalue weighted by atomic mass is 10.2. The highest BCUT2D eigenvalue weighted by molar-refractivity contribution is 9.10. The largest absolute Gasteiger partial charge is 0.296 e. The summed E-state index contributed by atoms with van der Waals surface area (Å²) in [4.78, 5) is 21.9. The van der Waals surface area contributed by atoms with Crippen LogP contribution < -0.4 is 5.32 Å². The van der Waals surface area contributed by atoms with Gasteiger partial charge in [0.25, 0.3) is 5.91 Å². The van der Waals surface area contributed by atoms with Crippen LogP contribution in [0.3, 0.4) is 0 Å². The number of anilines is 1. The number of benzene rings is 1. The standard InChI is InChI=1S/C19H14BrFN4OS/c1-2-14-17(25-9-12(20)5-8-16(25)22-14)18(26)24-19-23-15(10-27-19)11-3-6-13(21)7-4-11/h3-10H,2H2,1H3,(H,23,24,26). The molecule has 1 aromatic carbocycles. The first-order valence-corrected chi connectivity index (χ1v) is 9.91. The smallest absolute Gasteiger partial charge is 0.276 e. The Hall–Kier alpha value is -2.58. The highest BCUT2D eigenvalue weighted by Crippen LogP contribution is 2.26. The summed E-state index contributed by atoms with van der Waals surface area (Å²) in [5, 5.41) is 5.16. The summed E-state index contributed by atoms with van der Waals surface area (Å²) in [6.45, 7) is 1.96. The predicted octanol–water partition coefficient (Wildman–Crippen LogP) is 5.17. The van der Waals surface area contributed by atoms with Crippen molar-refractivity contribution >= 4 is 44.0 Å². The molecule has 5 nitrogen and oxygen atoms in total. The molecule has 0 radical (unpaired) electrons. The number of carbonyl (C=O) groups is 1. The number of rotatable bonds is 4. The maximum absolute atomic E-state index is 13.1. The van der Waals surface area contributed by atoms with Crippen molar-refractivity contribution in [3.63, 3.8) is 0 Å². The van der Waals surface area contributed by atoms with Crippen molar-refractivity contribution in [2.24, 2.45) is 0 Å².